The maximum Gasteiger partial charge on any atom is 0.472 e. The Kier molecular flexibility index (Phi) is 50.5. The molecule has 0 radical (unpaired) electrons. The number of nitrogens with one attached hydrogen (secondary N) is 1. The number of likely N-dealkylation sites (N-methyl/N-ethyl adjacent to an activating group) is 1. The van der Waals surface area contributed by atoms with Gasteiger partial charge in [0.25, 0.3) is 0 Å². The number of rotatable bonds is 54. The predicted octanol–water partition coefficient (Wildman–Crippen LogP) is 18.3. The van der Waals surface area contributed by atoms with Crippen molar-refractivity contribution in [2.75, 3.05) is 40.9 Å². The van der Waals surface area contributed by atoms with Crippen molar-refractivity contribution in [1.29, 1.82) is 0 Å². The molecule has 9 nitrogen and oxygen atoms in total. The Morgan fingerprint density at radius 2 is 0.889 bits per heavy atom. The molecule has 3 unspecified atom stereocenters. The number of hydrogen-bond acceptors (Lipinski definition) is 6. The smallest absolute Gasteiger partial charge is 0.456 e. The fourth-order valence-corrected chi connectivity index (χ4v) is 9.27. The standard InChI is InChI=1S/C62H115N2O7P/c1-7-10-13-16-19-22-25-28-30-32-34-37-40-43-46-49-52-55-62(66)71-60(53-50-47-44-41-38-35-27-24-21-18-15-12-9-3)59(58-70-72(67,68)69-57-56-64(4,5)6)63-61(65)54-51-48-45-42-39-36-33-31-29-26-23-20-17-14-11-8-2/h11,14,20,23,28-31,50,53,59-60H,7-10,12-13,15-19,21-22,24-27,32-49,51-52,54-58H2,1-6H3,(H-,63,65,67,68)/p+1/b14-11+,23-20+,30-28+,31-29+,53-50+. The van der Waals surface area contributed by atoms with Crippen LogP contribution in [0.3, 0.4) is 0 Å². The van der Waals surface area contributed by atoms with Gasteiger partial charge in [-0.3, -0.25) is 18.6 Å². The van der Waals surface area contributed by atoms with E-state index in [1.807, 2.05) is 33.3 Å². The number of unbranched alkanes of at least 4 members (excludes halogenated alkanes) is 30. The highest BCUT2D eigenvalue weighted by molar-refractivity contribution is 7.47. The summed E-state index contributed by atoms with van der Waals surface area (Å²) in [6.45, 7) is 6.90. The largest absolute Gasteiger partial charge is 0.472 e. The zero-order valence-electron chi connectivity index (χ0n) is 47.9. The van der Waals surface area contributed by atoms with E-state index in [0.717, 1.165) is 103 Å². The molecule has 0 fully saturated rings. The first-order chi connectivity index (χ1) is 34.9. The molecule has 0 aromatic heterocycles. The van der Waals surface area contributed by atoms with Gasteiger partial charge in [0, 0.05) is 12.8 Å². The van der Waals surface area contributed by atoms with Gasteiger partial charge in [0.15, 0.2) is 0 Å². The number of hydrogen-bond donors (Lipinski definition) is 2. The van der Waals surface area contributed by atoms with Crippen molar-refractivity contribution in [3.8, 4) is 0 Å². The van der Waals surface area contributed by atoms with E-state index >= 15 is 0 Å². The molecule has 1 amide bonds. The molecule has 420 valence electrons. The lowest BCUT2D eigenvalue weighted by molar-refractivity contribution is -0.870. The van der Waals surface area contributed by atoms with Crippen LogP contribution in [0, 0.1) is 0 Å². The number of quaternary nitrogens is 1. The van der Waals surface area contributed by atoms with Gasteiger partial charge >= 0.3 is 13.8 Å². The van der Waals surface area contributed by atoms with Crippen LogP contribution in [-0.4, -0.2) is 74.3 Å². The molecular formula is C62H116N2O7P+. The lowest BCUT2D eigenvalue weighted by Crippen LogP contribution is -2.47. The number of phosphoric ester groups is 1. The molecule has 0 aliphatic rings. The van der Waals surface area contributed by atoms with Crippen LogP contribution in [0.2, 0.25) is 0 Å². The summed E-state index contributed by atoms with van der Waals surface area (Å²) in [5.41, 5.74) is 0. The highest BCUT2D eigenvalue weighted by Crippen LogP contribution is 2.43. The lowest BCUT2D eigenvalue weighted by atomic mass is 10.0. The summed E-state index contributed by atoms with van der Waals surface area (Å²) in [7, 11) is 1.48. The summed E-state index contributed by atoms with van der Waals surface area (Å²) in [6.07, 6.45) is 64.9. The van der Waals surface area contributed by atoms with Gasteiger partial charge < -0.3 is 19.4 Å². The van der Waals surface area contributed by atoms with E-state index in [4.69, 9.17) is 13.8 Å². The minimum Gasteiger partial charge on any atom is -0.456 e. The molecule has 0 heterocycles. The summed E-state index contributed by atoms with van der Waals surface area (Å²) in [6, 6.07) is -0.857. The van der Waals surface area contributed by atoms with Crippen molar-refractivity contribution < 1.29 is 37.3 Å². The third-order valence-corrected chi connectivity index (χ3v) is 14.2. The van der Waals surface area contributed by atoms with E-state index in [0.29, 0.717) is 17.4 Å². The van der Waals surface area contributed by atoms with Crippen LogP contribution in [0.4, 0.5) is 0 Å². The molecule has 72 heavy (non-hydrogen) atoms. The van der Waals surface area contributed by atoms with Crippen LogP contribution >= 0.6 is 7.82 Å². The number of nitrogens with zero attached hydrogens (tertiary/aromatic N) is 1. The minimum atomic E-state index is -4.45. The van der Waals surface area contributed by atoms with E-state index < -0.39 is 20.0 Å². The molecular weight excluding hydrogens is 916 g/mol. The second kappa shape index (κ2) is 52.2. The van der Waals surface area contributed by atoms with Gasteiger partial charge in [-0.2, -0.15) is 0 Å². The fourth-order valence-electron chi connectivity index (χ4n) is 8.54. The molecule has 0 aromatic carbocycles. The Balaban J connectivity index is 5.35. The average Bonchev–Trinajstić information content (AvgIpc) is 3.34. The van der Waals surface area contributed by atoms with E-state index in [1.54, 1.807) is 0 Å². The van der Waals surface area contributed by atoms with Crippen LogP contribution in [0.5, 0.6) is 0 Å². The molecule has 2 N–H and O–H groups in total. The van der Waals surface area contributed by atoms with E-state index in [-0.39, 0.29) is 31.5 Å². The monoisotopic (exact) mass is 1030 g/mol. The predicted molar refractivity (Wildman–Crippen MR) is 309 cm³/mol. The molecule has 0 rings (SSSR count). The van der Waals surface area contributed by atoms with Crippen molar-refractivity contribution in [3.63, 3.8) is 0 Å². The summed E-state index contributed by atoms with van der Waals surface area (Å²) in [4.78, 5) is 37.7. The van der Waals surface area contributed by atoms with Crippen molar-refractivity contribution >= 4 is 19.7 Å². The Bertz CT molecular complexity index is 1420. The second-order valence-corrected chi connectivity index (χ2v) is 22.9. The lowest BCUT2D eigenvalue weighted by Gasteiger charge is -2.27. The molecule has 10 heteroatoms. The van der Waals surface area contributed by atoms with Gasteiger partial charge in [-0.25, -0.2) is 4.57 Å². The number of esters is 1. The number of allylic oxidation sites excluding steroid dienone is 9. The second-order valence-electron chi connectivity index (χ2n) is 21.5. The van der Waals surface area contributed by atoms with Gasteiger partial charge in [-0.1, -0.05) is 230 Å². The van der Waals surface area contributed by atoms with Crippen molar-refractivity contribution in [3.05, 3.63) is 60.8 Å². The number of amides is 1. The quantitative estimate of drug-likeness (QED) is 0.0205. The molecule has 3 atom stereocenters. The molecule has 0 aliphatic carbocycles. The first-order valence-corrected chi connectivity index (χ1v) is 31.6. The van der Waals surface area contributed by atoms with Crippen LogP contribution in [0.15, 0.2) is 60.8 Å². The van der Waals surface area contributed by atoms with Crippen LogP contribution < -0.4 is 5.32 Å². The summed E-state index contributed by atoms with van der Waals surface area (Å²) >= 11 is 0. The average molecular weight is 1030 g/mol. The molecule has 0 aliphatic heterocycles. The van der Waals surface area contributed by atoms with E-state index in [1.165, 1.54) is 135 Å². The molecule has 0 aromatic rings. The van der Waals surface area contributed by atoms with Gasteiger partial charge in [-0.05, 0) is 89.5 Å². The summed E-state index contributed by atoms with van der Waals surface area (Å²) < 4.78 is 30.7. The third-order valence-electron chi connectivity index (χ3n) is 13.2. The van der Waals surface area contributed by atoms with Crippen molar-refractivity contribution in [1.82, 2.24) is 5.32 Å². The van der Waals surface area contributed by atoms with Crippen molar-refractivity contribution in [2.24, 2.45) is 0 Å². The van der Waals surface area contributed by atoms with Crippen LogP contribution in [-0.2, 0) is 27.9 Å². The first kappa shape index (κ1) is 69.7. The molecule has 0 saturated carbocycles. The Morgan fingerprint density at radius 3 is 1.35 bits per heavy atom. The maximum atomic E-state index is 13.5. The van der Waals surface area contributed by atoms with Gasteiger partial charge in [0.2, 0.25) is 5.91 Å². The fraction of sp³-hybridized carbons (Fsp3) is 0.806. The van der Waals surface area contributed by atoms with Gasteiger partial charge in [0.05, 0.1) is 33.8 Å². The number of carbonyl (C=O) groups excluding carboxylic acids is 2. The molecule has 0 bridgehead atoms. The minimum absolute atomic E-state index is 0.0357. The van der Waals surface area contributed by atoms with E-state index in [9.17, 15) is 19.0 Å². The number of ether oxygens (including phenoxy) is 1. The highest BCUT2D eigenvalue weighted by atomic mass is 31.2. The summed E-state index contributed by atoms with van der Waals surface area (Å²) in [5.74, 6) is -0.521. The van der Waals surface area contributed by atoms with Crippen molar-refractivity contribution in [2.45, 2.75) is 283 Å². The highest BCUT2D eigenvalue weighted by Gasteiger charge is 2.30. The summed E-state index contributed by atoms with van der Waals surface area (Å²) in [5, 5.41) is 3.05. The molecule has 0 spiro atoms. The SMILES string of the molecule is CC/C=C/C/C=C/C/C=C/CCCCCCCCC(=O)NC(COP(=O)(O)OCC[N+](C)(C)C)C(/C=C/CCCCCCCCCCCCC)OC(=O)CCCCCCCCC/C=C/CCCCCCCC. The topological polar surface area (TPSA) is 111 Å². The van der Waals surface area contributed by atoms with Gasteiger partial charge in [-0.15, -0.1) is 0 Å². The Labute approximate surface area is 445 Å². The van der Waals surface area contributed by atoms with E-state index in [2.05, 4.69) is 74.7 Å². The molecule has 0 saturated heterocycles. The normalized spacial score (nSPS) is 14.2. The Morgan fingerprint density at radius 1 is 0.500 bits per heavy atom. The first-order valence-electron chi connectivity index (χ1n) is 30.1. The zero-order chi connectivity index (χ0) is 52.9. The number of phosphoric acid groups is 1. The zero-order valence-corrected chi connectivity index (χ0v) is 48.8. The van der Waals surface area contributed by atoms with Gasteiger partial charge in [0.1, 0.15) is 19.3 Å². The Hall–Kier alpha value is -2.29. The number of carbonyl (C=O) groups is 2. The third kappa shape index (κ3) is 52.6. The van der Waals surface area contributed by atoms with Crippen LogP contribution in [0.1, 0.15) is 271 Å². The van der Waals surface area contributed by atoms with Crippen LogP contribution in [0.25, 0.3) is 0 Å². The maximum absolute atomic E-state index is 13.5.